The van der Waals surface area contributed by atoms with Crippen LogP contribution in [0.15, 0.2) is 46.0 Å². The molecule has 1 atom stereocenters. The second-order valence-corrected chi connectivity index (χ2v) is 12.2. The van der Waals surface area contributed by atoms with E-state index in [1.54, 1.807) is 34.3 Å². The van der Waals surface area contributed by atoms with Gasteiger partial charge in [-0.15, -0.1) is 11.3 Å². The molecule has 1 fully saturated rings. The molecule has 0 aliphatic carbocycles. The average molecular weight is 522 g/mol. The number of anilines is 1. The number of hydrogen-bond donors (Lipinski definition) is 1. The number of sulfonamides is 1. The van der Waals surface area contributed by atoms with Gasteiger partial charge in [-0.25, -0.2) is 13.4 Å². The quantitative estimate of drug-likeness (QED) is 0.411. The Morgan fingerprint density at radius 1 is 1.24 bits per heavy atom. The van der Waals surface area contributed by atoms with E-state index in [9.17, 15) is 13.2 Å². The van der Waals surface area contributed by atoms with Crippen LogP contribution in [0.4, 0.5) is 5.82 Å². The van der Waals surface area contributed by atoms with Crippen molar-refractivity contribution in [3.8, 4) is 5.13 Å². The summed E-state index contributed by atoms with van der Waals surface area (Å²) in [6, 6.07) is 9.77. The minimum Gasteiger partial charge on any atom is -0.309 e. The second-order valence-electron chi connectivity index (χ2n) is 7.71. The number of thiazole rings is 1. The van der Waals surface area contributed by atoms with Crippen LogP contribution in [0.2, 0.25) is 5.02 Å². The standard InChI is InChI=1S/C21H20ClN5O3S3/c1-13-12-17(27(25-13)21-24-19-14(22)6-4-8-16(19)32-21)23-20(28)15-7-2-3-10-26(15)33(29,30)18-9-5-11-31-18/h4-6,8-9,11-12,15H,2-3,7,10H2,1H3,(H,23,28). The lowest BCUT2D eigenvalue weighted by atomic mass is 10.0. The SMILES string of the molecule is Cc1cc(NC(=O)C2CCCCN2S(=O)(=O)c2cccs2)n(-c2nc3c(Cl)cccc3s2)n1. The van der Waals surface area contributed by atoms with Gasteiger partial charge >= 0.3 is 0 Å². The summed E-state index contributed by atoms with van der Waals surface area (Å²) in [6.45, 7) is 2.13. The van der Waals surface area contributed by atoms with E-state index in [1.165, 1.54) is 15.6 Å². The third-order valence-corrected chi connectivity index (χ3v) is 10.0. The summed E-state index contributed by atoms with van der Waals surface area (Å²) in [4.78, 5) is 17.9. The molecule has 1 amide bonds. The van der Waals surface area contributed by atoms with Gasteiger partial charge in [0.05, 0.1) is 15.4 Å². The largest absolute Gasteiger partial charge is 0.309 e. The lowest BCUT2D eigenvalue weighted by molar-refractivity contribution is -0.120. The molecule has 1 N–H and O–H groups in total. The maximum atomic E-state index is 13.3. The van der Waals surface area contributed by atoms with Gasteiger partial charge in [-0.3, -0.25) is 4.79 Å². The van der Waals surface area contributed by atoms with Crippen molar-refractivity contribution in [1.29, 1.82) is 0 Å². The van der Waals surface area contributed by atoms with Crippen LogP contribution in [0.3, 0.4) is 0 Å². The molecular formula is C21H20ClN5O3S3. The number of carbonyl (C=O) groups excluding carboxylic acids is 1. The van der Waals surface area contributed by atoms with Gasteiger partial charge in [-0.05, 0) is 43.3 Å². The highest BCUT2D eigenvalue weighted by atomic mass is 35.5. The van der Waals surface area contributed by atoms with E-state index >= 15 is 0 Å². The monoisotopic (exact) mass is 521 g/mol. The maximum absolute atomic E-state index is 13.3. The van der Waals surface area contributed by atoms with Crippen molar-refractivity contribution in [2.45, 2.75) is 36.4 Å². The van der Waals surface area contributed by atoms with Crippen LogP contribution in [0, 0.1) is 6.92 Å². The van der Waals surface area contributed by atoms with Gasteiger partial charge in [0.15, 0.2) is 0 Å². The molecule has 1 aliphatic rings. The van der Waals surface area contributed by atoms with Crippen LogP contribution < -0.4 is 5.32 Å². The predicted molar refractivity (Wildman–Crippen MR) is 131 cm³/mol. The Morgan fingerprint density at radius 3 is 2.85 bits per heavy atom. The van der Waals surface area contributed by atoms with Crippen molar-refractivity contribution in [3.63, 3.8) is 0 Å². The molecule has 0 spiro atoms. The fourth-order valence-electron chi connectivity index (χ4n) is 3.92. The maximum Gasteiger partial charge on any atom is 0.253 e. The molecule has 3 aromatic heterocycles. The minimum atomic E-state index is -3.74. The number of carbonyl (C=O) groups is 1. The molecule has 0 saturated carbocycles. The number of halogens is 1. The number of aryl methyl sites for hydroxylation is 1. The number of aromatic nitrogens is 3. The fraction of sp³-hybridized carbons (Fsp3) is 0.286. The van der Waals surface area contributed by atoms with Crippen LogP contribution in [0.25, 0.3) is 15.3 Å². The number of piperidine rings is 1. The lowest BCUT2D eigenvalue weighted by Gasteiger charge is -2.33. The van der Waals surface area contributed by atoms with Gasteiger partial charge in [0.2, 0.25) is 11.0 Å². The summed E-state index contributed by atoms with van der Waals surface area (Å²) in [5.41, 5.74) is 1.37. The molecule has 12 heteroatoms. The van der Waals surface area contributed by atoms with Crippen LogP contribution in [0.5, 0.6) is 0 Å². The van der Waals surface area contributed by atoms with Crippen LogP contribution in [0.1, 0.15) is 25.0 Å². The summed E-state index contributed by atoms with van der Waals surface area (Å²) < 4.78 is 30.4. The minimum absolute atomic E-state index is 0.245. The second kappa shape index (κ2) is 8.80. The summed E-state index contributed by atoms with van der Waals surface area (Å²) in [7, 11) is -3.74. The first kappa shape index (κ1) is 22.5. The molecule has 8 nitrogen and oxygen atoms in total. The van der Waals surface area contributed by atoms with E-state index in [2.05, 4.69) is 15.4 Å². The third-order valence-electron chi connectivity index (χ3n) is 5.44. The summed E-state index contributed by atoms with van der Waals surface area (Å²) in [5, 5.41) is 10.2. The molecule has 1 saturated heterocycles. The average Bonchev–Trinajstić information content (AvgIpc) is 3.54. The molecule has 4 aromatic rings. The summed E-state index contributed by atoms with van der Waals surface area (Å²) >= 11 is 8.83. The molecule has 172 valence electrons. The summed E-state index contributed by atoms with van der Waals surface area (Å²) in [5.74, 6) is 0.0573. The Morgan fingerprint density at radius 2 is 2.09 bits per heavy atom. The van der Waals surface area contributed by atoms with E-state index in [-0.39, 0.29) is 10.1 Å². The van der Waals surface area contributed by atoms with Crippen molar-refractivity contribution < 1.29 is 13.2 Å². The van der Waals surface area contributed by atoms with E-state index < -0.39 is 16.1 Å². The van der Waals surface area contributed by atoms with E-state index in [0.29, 0.717) is 40.1 Å². The zero-order chi connectivity index (χ0) is 23.2. The number of amides is 1. The molecular weight excluding hydrogens is 502 g/mol. The van der Waals surface area contributed by atoms with Crippen molar-refractivity contribution in [2.24, 2.45) is 0 Å². The van der Waals surface area contributed by atoms with Crippen molar-refractivity contribution in [3.05, 3.63) is 52.5 Å². The number of rotatable bonds is 5. The van der Waals surface area contributed by atoms with Crippen LogP contribution >= 0.6 is 34.3 Å². The molecule has 4 heterocycles. The van der Waals surface area contributed by atoms with Crippen molar-refractivity contribution >= 4 is 66.2 Å². The first-order chi connectivity index (χ1) is 15.8. The topological polar surface area (TPSA) is 97.2 Å². The van der Waals surface area contributed by atoms with Crippen molar-refractivity contribution in [2.75, 3.05) is 11.9 Å². The molecule has 0 bridgehead atoms. The number of para-hydroxylation sites is 1. The number of nitrogens with zero attached hydrogens (tertiary/aromatic N) is 4. The van der Waals surface area contributed by atoms with Gasteiger partial charge in [0.25, 0.3) is 10.0 Å². The van der Waals surface area contributed by atoms with Crippen molar-refractivity contribution in [1.82, 2.24) is 19.1 Å². The van der Waals surface area contributed by atoms with Gasteiger partial charge in [0, 0.05) is 12.6 Å². The third kappa shape index (κ3) is 4.19. The Kier molecular flexibility index (Phi) is 6.00. The van der Waals surface area contributed by atoms with E-state index in [4.69, 9.17) is 11.6 Å². The first-order valence-electron chi connectivity index (χ1n) is 10.3. The van der Waals surface area contributed by atoms with Gasteiger partial charge < -0.3 is 5.32 Å². The smallest absolute Gasteiger partial charge is 0.253 e. The Bertz CT molecular complexity index is 1430. The number of nitrogens with one attached hydrogen (secondary N) is 1. The van der Waals surface area contributed by atoms with Gasteiger partial charge in [0.1, 0.15) is 21.6 Å². The zero-order valence-electron chi connectivity index (χ0n) is 17.6. The normalized spacial score (nSPS) is 17.5. The zero-order valence-corrected chi connectivity index (χ0v) is 20.8. The molecule has 1 aromatic carbocycles. The molecule has 5 rings (SSSR count). The highest BCUT2D eigenvalue weighted by molar-refractivity contribution is 7.91. The molecule has 33 heavy (non-hydrogen) atoms. The Balaban J connectivity index is 1.45. The highest BCUT2D eigenvalue weighted by Crippen LogP contribution is 2.32. The predicted octanol–water partition coefficient (Wildman–Crippen LogP) is 4.69. The van der Waals surface area contributed by atoms with E-state index in [0.717, 1.165) is 28.9 Å². The number of benzene rings is 1. The lowest BCUT2D eigenvalue weighted by Crippen LogP contribution is -2.49. The fourth-order valence-corrected chi connectivity index (χ4v) is 7.93. The molecule has 1 unspecified atom stereocenters. The van der Waals surface area contributed by atoms with Gasteiger partial charge in [-0.2, -0.15) is 14.1 Å². The number of hydrogen-bond acceptors (Lipinski definition) is 7. The number of fused-ring (bicyclic) bond motifs is 1. The molecule has 1 aliphatic heterocycles. The number of thiophene rings is 1. The van der Waals surface area contributed by atoms with E-state index in [1.807, 2.05) is 19.1 Å². The van der Waals surface area contributed by atoms with Crippen LogP contribution in [-0.2, 0) is 14.8 Å². The summed E-state index contributed by atoms with van der Waals surface area (Å²) in [6.07, 6.45) is 1.96. The molecule has 0 radical (unpaired) electrons. The Labute approximate surface area is 203 Å². The Hall–Kier alpha value is -2.31. The van der Waals surface area contributed by atoms with Crippen LogP contribution in [-0.4, -0.2) is 46.0 Å². The first-order valence-corrected chi connectivity index (χ1v) is 13.8. The van der Waals surface area contributed by atoms with Gasteiger partial charge in [-0.1, -0.05) is 41.5 Å². The highest BCUT2D eigenvalue weighted by Gasteiger charge is 2.38.